The standard InChI is InChI=1S/C19H19BrF2N4/c1-10(2)17-11(3)12(9-23)19-25(4)7-8-26(19)18(24-17)15-14(21)6-5-13(20)16(15)22/h5-6,9,23H,1,7-8H2,2-4H3. The third-order valence-corrected chi connectivity index (χ3v) is 5.18. The summed E-state index contributed by atoms with van der Waals surface area (Å²) in [6.45, 7) is 8.78. The summed E-state index contributed by atoms with van der Waals surface area (Å²) in [5.74, 6) is -0.480. The lowest BCUT2D eigenvalue weighted by Gasteiger charge is -2.25. The van der Waals surface area contributed by atoms with E-state index in [9.17, 15) is 8.78 Å². The monoisotopic (exact) mass is 420 g/mol. The molecule has 4 nitrogen and oxygen atoms in total. The van der Waals surface area contributed by atoms with Crippen LogP contribution in [0.15, 0.2) is 56.4 Å². The van der Waals surface area contributed by atoms with Crippen molar-refractivity contribution in [1.29, 1.82) is 5.41 Å². The Balaban J connectivity index is 2.38. The molecule has 0 saturated carbocycles. The summed E-state index contributed by atoms with van der Waals surface area (Å²) < 4.78 is 29.6. The van der Waals surface area contributed by atoms with Crippen molar-refractivity contribution in [3.63, 3.8) is 0 Å². The molecule has 0 aliphatic carbocycles. The van der Waals surface area contributed by atoms with Crippen LogP contribution in [0.1, 0.15) is 19.4 Å². The third kappa shape index (κ3) is 2.80. The zero-order valence-corrected chi connectivity index (χ0v) is 16.4. The number of allylic oxidation sites excluding steroid dienone is 3. The van der Waals surface area contributed by atoms with Crippen LogP contribution in [-0.2, 0) is 0 Å². The van der Waals surface area contributed by atoms with Crippen LogP contribution in [0.3, 0.4) is 0 Å². The number of likely N-dealkylation sites (N-methyl/N-ethyl adjacent to an activating group) is 1. The highest BCUT2D eigenvalue weighted by Gasteiger charge is 2.35. The molecule has 2 aliphatic rings. The molecule has 3 rings (SSSR count). The first-order valence-corrected chi connectivity index (χ1v) is 8.90. The summed E-state index contributed by atoms with van der Waals surface area (Å²) in [6.07, 6.45) is 1.26. The second-order valence-electron chi connectivity index (χ2n) is 6.36. The molecule has 7 heteroatoms. The maximum absolute atomic E-state index is 14.8. The van der Waals surface area contributed by atoms with Crippen molar-refractivity contribution in [2.75, 3.05) is 20.1 Å². The van der Waals surface area contributed by atoms with Gasteiger partial charge in [0.05, 0.1) is 15.7 Å². The average Bonchev–Trinajstić information content (AvgIpc) is 2.90. The van der Waals surface area contributed by atoms with E-state index in [4.69, 9.17) is 5.41 Å². The van der Waals surface area contributed by atoms with Gasteiger partial charge >= 0.3 is 0 Å². The zero-order chi connectivity index (χ0) is 19.2. The quantitative estimate of drug-likeness (QED) is 0.579. The number of aliphatic imine (C=N–C) groups is 1. The topological polar surface area (TPSA) is 42.7 Å². The molecule has 0 aromatic heterocycles. The number of rotatable bonds is 3. The summed E-state index contributed by atoms with van der Waals surface area (Å²) in [4.78, 5) is 8.35. The Kier molecular flexibility index (Phi) is 4.84. The van der Waals surface area contributed by atoms with E-state index >= 15 is 0 Å². The lowest BCUT2D eigenvalue weighted by Crippen LogP contribution is -2.31. The minimum Gasteiger partial charge on any atom is -0.359 e. The van der Waals surface area contributed by atoms with Crippen LogP contribution in [0.25, 0.3) is 0 Å². The summed E-state index contributed by atoms with van der Waals surface area (Å²) in [6, 6.07) is 2.55. The minimum atomic E-state index is -0.699. The summed E-state index contributed by atoms with van der Waals surface area (Å²) in [5.41, 5.74) is 2.43. The predicted molar refractivity (Wildman–Crippen MR) is 103 cm³/mol. The van der Waals surface area contributed by atoms with Crippen molar-refractivity contribution < 1.29 is 8.78 Å². The van der Waals surface area contributed by atoms with Crippen molar-refractivity contribution >= 4 is 28.0 Å². The van der Waals surface area contributed by atoms with Crippen LogP contribution in [0.5, 0.6) is 0 Å². The largest absolute Gasteiger partial charge is 0.359 e. The van der Waals surface area contributed by atoms with Gasteiger partial charge in [0.1, 0.15) is 17.5 Å². The molecule has 1 saturated heterocycles. The van der Waals surface area contributed by atoms with Crippen LogP contribution >= 0.6 is 15.9 Å². The molecule has 2 heterocycles. The number of halogens is 3. The van der Waals surface area contributed by atoms with Gasteiger partial charge in [0, 0.05) is 31.9 Å². The number of benzene rings is 1. The predicted octanol–water partition coefficient (Wildman–Crippen LogP) is 4.45. The van der Waals surface area contributed by atoms with Gasteiger partial charge in [0.15, 0.2) is 5.82 Å². The SMILES string of the molecule is C=C(C)C1=C(C)C(C=N)=C2N(C)CCN2C(c2c(F)ccc(Br)c2F)=N1. The second kappa shape index (κ2) is 6.79. The van der Waals surface area contributed by atoms with E-state index < -0.39 is 11.6 Å². The van der Waals surface area contributed by atoms with E-state index in [1.54, 1.807) is 11.8 Å². The molecule has 0 radical (unpaired) electrons. The molecular weight excluding hydrogens is 402 g/mol. The molecule has 1 aromatic carbocycles. The molecule has 0 unspecified atom stereocenters. The van der Waals surface area contributed by atoms with E-state index in [0.29, 0.717) is 35.8 Å². The van der Waals surface area contributed by atoms with Crippen molar-refractivity contribution in [3.8, 4) is 0 Å². The molecule has 0 spiro atoms. The first kappa shape index (κ1) is 18.5. The average molecular weight is 421 g/mol. The minimum absolute atomic E-state index is 0.170. The Morgan fingerprint density at radius 1 is 1.35 bits per heavy atom. The summed E-state index contributed by atoms with van der Waals surface area (Å²) in [5, 5.41) is 7.88. The van der Waals surface area contributed by atoms with Crippen LogP contribution < -0.4 is 0 Å². The van der Waals surface area contributed by atoms with Gasteiger partial charge in [-0.05, 0) is 53.1 Å². The zero-order valence-electron chi connectivity index (χ0n) is 14.8. The summed E-state index contributed by atoms with van der Waals surface area (Å²) in [7, 11) is 1.89. The fraction of sp³-hybridized carbons (Fsp3) is 0.263. The van der Waals surface area contributed by atoms with Gasteiger partial charge in [-0.25, -0.2) is 13.8 Å². The number of hydrogen-bond acceptors (Lipinski definition) is 4. The van der Waals surface area contributed by atoms with Gasteiger partial charge in [-0.2, -0.15) is 0 Å². The Hall–Kier alpha value is -2.28. The molecule has 136 valence electrons. The maximum Gasteiger partial charge on any atom is 0.151 e. The van der Waals surface area contributed by atoms with Gasteiger partial charge in [-0.1, -0.05) is 6.58 Å². The van der Waals surface area contributed by atoms with Crippen LogP contribution in [0, 0.1) is 17.0 Å². The molecule has 1 aromatic rings. The van der Waals surface area contributed by atoms with Gasteiger partial charge in [-0.3, -0.25) is 0 Å². The van der Waals surface area contributed by atoms with E-state index in [2.05, 4.69) is 27.5 Å². The Labute approximate surface area is 159 Å². The number of fused-ring (bicyclic) bond motifs is 1. The highest BCUT2D eigenvalue weighted by Crippen LogP contribution is 2.35. The van der Waals surface area contributed by atoms with Gasteiger partial charge in [-0.15, -0.1) is 0 Å². The van der Waals surface area contributed by atoms with Gasteiger partial charge in [0.25, 0.3) is 0 Å². The molecule has 26 heavy (non-hydrogen) atoms. The van der Waals surface area contributed by atoms with Crippen LogP contribution in [-0.4, -0.2) is 42.0 Å². The summed E-state index contributed by atoms with van der Waals surface area (Å²) >= 11 is 3.13. The number of nitrogens with zero attached hydrogens (tertiary/aromatic N) is 3. The molecule has 0 amide bonds. The van der Waals surface area contributed by atoms with E-state index in [1.165, 1.54) is 18.3 Å². The van der Waals surface area contributed by atoms with Gasteiger partial charge in [0.2, 0.25) is 0 Å². The van der Waals surface area contributed by atoms with Crippen LogP contribution in [0.4, 0.5) is 8.78 Å². The molecule has 1 fully saturated rings. The third-order valence-electron chi connectivity index (χ3n) is 4.57. The number of amidine groups is 1. The maximum atomic E-state index is 14.8. The number of hydrogen-bond donors (Lipinski definition) is 1. The number of nitrogens with one attached hydrogen (secondary N) is 1. The van der Waals surface area contributed by atoms with Crippen molar-refractivity contribution in [3.05, 3.63) is 68.6 Å². The molecule has 0 atom stereocenters. The van der Waals surface area contributed by atoms with Gasteiger partial charge < -0.3 is 15.2 Å². The van der Waals surface area contributed by atoms with Crippen LogP contribution in [0.2, 0.25) is 0 Å². The lowest BCUT2D eigenvalue weighted by atomic mass is 10.0. The first-order chi connectivity index (χ1) is 12.3. The van der Waals surface area contributed by atoms with E-state index in [0.717, 1.165) is 5.57 Å². The Morgan fingerprint density at radius 3 is 2.65 bits per heavy atom. The highest BCUT2D eigenvalue weighted by atomic mass is 79.9. The highest BCUT2D eigenvalue weighted by molar-refractivity contribution is 9.10. The lowest BCUT2D eigenvalue weighted by molar-refractivity contribution is 0.456. The molecular formula is C19H19BrF2N4. The Morgan fingerprint density at radius 2 is 2.04 bits per heavy atom. The first-order valence-electron chi connectivity index (χ1n) is 8.11. The fourth-order valence-corrected chi connectivity index (χ4v) is 3.61. The van der Waals surface area contributed by atoms with E-state index in [1.807, 2.05) is 18.9 Å². The second-order valence-corrected chi connectivity index (χ2v) is 7.22. The van der Waals surface area contributed by atoms with Crippen molar-refractivity contribution in [2.45, 2.75) is 13.8 Å². The van der Waals surface area contributed by atoms with E-state index in [-0.39, 0.29) is 15.9 Å². The van der Waals surface area contributed by atoms with Crippen molar-refractivity contribution in [1.82, 2.24) is 9.80 Å². The Bertz CT molecular complexity index is 914. The smallest absolute Gasteiger partial charge is 0.151 e. The normalized spacial score (nSPS) is 17.4. The fourth-order valence-electron chi connectivity index (χ4n) is 3.28. The molecule has 2 aliphatic heterocycles. The molecule has 1 N–H and O–H groups in total. The van der Waals surface area contributed by atoms with Crippen molar-refractivity contribution in [2.24, 2.45) is 4.99 Å². The molecule has 0 bridgehead atoms.